The maximum atomic E-state index is 4.97. The minimum Gasteiger partial charge on any atom is -0.383 e. The van der Waals surface area contributed by atoms with Gasteiger partial charge in [-0.05, 0) is 35.0 Å². The lowest BCUT2D eigenvalue weighted by Gasteiger charge is -2.13. The largest absolute Gasteiger partial charge is 0.383 e. The summed E-state index contributed by atoms with van der Waals surface area (Å²) < 4.78 is 6.16. The second-order valence-electron chi connectivity index (χ2n) is 3.68. The van der Waals surface area contributed by atoms with Gasteiger partial charge in [-0.25, -0.2) is 0 Å². The second-order valence-corrected chi connectivity index (χ2v) is 6.23. The fourth-order valence-electron chi connectivity index (χ4n) is 1.29. The van der Waals surface area contributed by atoms with Crippen LogP contribution in [0.1, 0.15) is 11.8 Å². The van der Waals surface area contributed by atoms with Crippen molar-refractivity contribution in [3.63, 3.8) is 0 Å². The fraction of sp³-hybridized carbons (Fsp3) is 0.636. The van der Waals surface area contributed by atoms with Crippen molar-refractivity contribution >= 4 is 27.3 Å². The Kier molecular flexibility index (Phi) is 7.23. The highest BCUT2D eigenvalue weighted by Crippen LogP contribution is 2.21. The molecule has 5 heteroatoms. The van der Waals surface area contributed by atoms with E-state index in [1.165, 1.54) is 8.66 Å². The van der Waals surface area contributed by atoms with Gasteiger partial charge in [-0.15, -0.1) is 11.3 Å². The van der Waals surface area contributed by atoms with Crippen LogP contribution < -0.4 is 10.6 Å². The zero-order chi connectivity index (χ0) is 11.8. The van der Waals surface area contributed by atoms with Crippen molar-refractivity contribution < 1.29 is 4.74 Å². The fourth-order valence-corrected chi connectivity index (χ4v) is 2.72. The Morgan fingerprint density at radius 3 is 2.94 bits per heavy atom. The number of hydrogen-bond acceptors (Lipinski definition) is 4. The molecule has 3 nitrogen and oxygen atoms in total. The molecule has 0 bridgehead atoms. The van der Waals surface area contributed by atoms with E-state index in [9.17, 15) is 0 Å². The highest BCUT2D eigenvalue weighted by atomic mass is 79.9. The van der Waals surface area contributed by atoms with Gasteiger partial charge in [0.25, 0.3) is 0 Å². The number of ether oxygens (including phenoxy) is 1. The highest BCUT2D eigenvalue weighted by Gasteiger charge is 2.02. The van der Waals surface area contributed by atoms with Crippen LogP contribution in [0.4, 0.5) is 0 Å². The lowest BCUT2D eigenvalue weighted by atomic mass is 10.3. The van der Waals surface area contributed by atoms with Gasteiger partial charge in [0.2, 0.25) is 0 Å². The Morgan fingerprint density at radius 2 is 2.31 bits per heavy atom. The van der Waals surface area contributed by atoms with E-state index in [1.54, 1.807) is 18.4 Å². The standard InChI is InChI=1S/C11H19BrN2OS/c1-9(7-13-5-6-15-2)14-8-10-3-4-11(12)16-10/h3-4,9,13-14H,5-8H2,1-2H3. The predicted octanol–water partition coefficient (Wildman–Crippen LogP) is 2.22. The predicted molar refractivity (Wildman–Crippen MR) is 73.1 cm³/mol. The van der Waals surface area contributed by atoms with Crippen LogP contribution in [0.25, 0.3) is 0 Å². The first-order valence-corrected chi connectivity index (χ1v) is 7.00. The van der Waals surface area contributed by atoms with Gasteiger partial charge in [-0.1, -0.05) is 0 Å². The lowest BCUT2D eigenvalue weighted by molar-refractivity contribution is 0.198. The molecule has 0 radical (unpaired) electrons. The van der Waals surface area contributed by atoms with Crippen LogP contribution in [-0.2, 0) is 11.3 Å². The number of halogens is 1. The zero-order valence-corrected chi connectivity index (χ0v) is 12.2. The SMILES string of the molecule is COCCNCC(C)NCc1ccc(Br)s1. The second kappa shape index (κ2) is 8.20. The molecule has 2 N–H and O–H groups in total. The van der Waals surface area contributed by atoms with Gasteiger partial charge >= 0.3 is 0 Å². The van der Waals surface area contributed by atoms with Gasteiger partial charge in [-0.3, -0.25) is 0 Å². The van der Waals surface area contributed by atoms with E-state index in [0.717, 1.165) is 26.2 Å². The van der Waals surface area contributed by atoms with Crippen LogP contribution in [0.2, 0.25) is 0 Å². The zero-order valence-electron chi connectivity index (χ0n) is 9.75. The molecule has 0 aliphatic carbocycles. The van der Waals surface area contributed by atoms with Gasteiger partial charge in [0.05, 0.1) is 10.4 Å². The summed E-state index contributed by atoms with van der Waals surface area (Å²) in [6.07, 6.45) is 0. The van der Waals surface area contributed by atoms with E-state index in [4.69, 9.17) is 4.74 Å². The maximum absolute atomic E-state index is 4.97. The van der Waals surface area contributed by atoms with Crippen LogP contribution >= 0.6 is 27.3 Å². The first-order valence-electron chi connectivity index (χ1n) is 5.39. The summed E-state index contributed by atoms with van der Waals surface area (Å²) in [7, 11) is 1.72. The third-order valence-electron chi connectivity index (χ3n) is 2.19. The van der Waals surface area contributed by atoms with E-state index in [0.29, 0.717) is 6.04 Å². The van der Waals surface area contributed by atoms with Crippen LogP contribution in [0.15, 0.2) is 15.9 Å². The van der Waals surface area contributed by atoms with E-state index in [1.807, 2.05) is 0 Å². The summed E-state index contributed by atoms with van der Waals surface area (Å²) >= 11 is 5.24. The monoisotopic (exact) mass is 306 g/mol. The molecule has 1 atom stereocenters. The van der Waals surface area contributed by atoms with Gasteiger partial charge in [-0.2, -0.15) is 0 Å². The van der Waals surface area contributed by atoms with Crippen molar-refractivity contribution in [3.05, 3.63) is 20.8 Å². The quantitative estimate of drug-likeness (QED) is 0.723. The van der Waals surface area contributed by atoms with Gasteiger partial charge in [0, 0.05) is 37.7 Å². The third-order valence-corrected chi connectivity index (χ3v) is 3.81. The number of nitrogens with one attached hydrogen (secondary N) is 2. The molecule has 1 unspecified atom stereocenters. The Morgan fingerprint density at radius 1 is 1.50 bits per heavy atom. The summed E-state index contributed by atoms with van der Waals surface area (Å²) in [5.41, 5.74) is 0. The molecular weight excluding hydrogens is 288 g/mol. The molecule has 0 fully saturated rings. The van der Waals surface area contributed by atoms with Crippen molar-refractivity contribution in [1.29, 1.82) is 0 Å². The van der Waals surface area contributed by atoms with Crippen molar-refractivity contribution in [1.82, 2.24) is 10.6 Å². The lowest BCUT2D eigenvalue weighted by Crippen LogP contribution is -2.36. The molecule has 1 rings (SSSR count). The van der Waals surface area contributed by atoms with Gasteiger partial charge in [0.15, 0.2) is 0 Å². The van der Waals surface area contributed by atoms with Crippen molar-refractivity contribution in [3.8, 4) is 0 Å². The molecule has 1 aromatic rings. The number of hydrogen-bond donors (Lipinski definition) is 2. The summed E-state index contributed by atoms with van der Waals surface area (Å²) in [5, 5.41) is 6.81. The van der Waals surface area contributed by atoms with Gasteiger partial charge in [0.1, 0.15) is 0 Å². The molecule has 1 heterocycles. The molecule has 0 amide bonds. The molecule has 1 aromatic heterocycles. The third kappa shape index (κ3) is 5.96. The summed E-state index contributed by atoms with van der Waals surface area (Å²) in [5.74, 6) is 0. The van der Waals surface area contributed by atoms with Crippen LogP contribution in [0.5, 0.6) is 0 Å². The minimum atomic E-state index is 0.470. The number of methoxy groups -OCH3 is 1. The van der Waals surface area contributed by atoms with E-state index in [-0.39, 0.29) is 0 Å². The van der Waals surface area contributed by atoms with Crippen molar-refractivity contribution in [2.24, 2.45) is 0 Å². The molecule has 0 aliphatic heterocycles. The Labute approximate surface area is 110 Å². The average molecular weight is 307 g/mol. The summed E-state index contributed by atoms with van der Waals surface area (Å²) in [4.78, 5) is 1.36. The molecule has 92 valence electrons. The molecule has 0 aliphatic rings. The smallest absolute Gasteiger partial charge is 0.0701 e. The average Bonchev–Trinajstić information content (AvgIpc) is 2.68. The van der Waals surface area contributed by atoms with E-state index >= 15 is 0 Å². The Bertz CT molecular complexity index is 293. The molecule has 0 saturated heterocycles. The van der Waals surface area contributed by atoms with E-state index in [2.05, 4.69) is 45.6 Å². The van der Waals surface area contributed by atoms with Crippen LogP contribution in [-0.4, -0.2) is 32.8 Å². The highest BCUT2D eigenvalue weighted by molar-refractivity contribution is 9.11. The molecule has 16 heavy (non-hydrogen) atoms. The molecule has 0 saturated carbocycles. The minimum absolute atomic E-state index is 0.470. The summed E-state index contributed by atoms with van der Waals surface area (Å²) in [6, 6.07) is 4.70. The van der Waals surface area contributed by atoms with Crippen molar-refractivity contribution in [2.45, 2.75) is 19.5 Å². The number of rotatable bonds is 8. The Hall–Kier alpha value is 0.0600. The first kappa shape index (κ1) is 14.1. The van der Waals surface area contributed by atoms with Gasteiger partial charge < -0.3 is 15.4 Å². The van der Waals surface area contributed by atoms with E-state index < -0.39 is 0 Å². The topological polar surface area (TPSA) is 33.3 Å². The summed E-state index contributed by atoms with van der Waals surface area (Å²) in [6.45, 7) is 5.76. The molecule has 0 aromatic carbocycles. The maximum Gasteiger partial charge on any atom is 0.0701 e. The molecule has 0 spiro atoms. The Balaban J connectivity index is 2.08. The van der Waals surface area contributed by atoms with Crippen molar-refractivity contribution in [2.75, 3.05) is 26.8 Å². The molecular formula is C11H19BrN2OS. The number of thiophene rings is 1. The normalized spacial score (nSPS) is 12.9. The van der Waals surface area contributed by atoms with Crippen LogP contribution in [0, 0.1) is 0 Å². The first-order chi connectivity index (χ1) is 7.72. The van der Waals surface area contributed by atoms with Crippen LogP contribution in [0.3, 0.4) is 0 Å².